The molecule has 2 nitrogen and oxygen atoms in total. The topological polar surface area (TPSA) is 18.5 Å². The van der Waals surface area contributed by atoms with Gasteiger partial charge in [-0.25, -0.2) is 0 Å². The van der Waals surface area contributed by atoms with Crippen molar-refractivity contribution in [1.82, 2.24) is 0 Å². The first-order chi connectivity index (χ1) is 7.25. The van der Waals surface area contributed by atoms with Crippen LogP contribution in [0, 0.1) is 6.92 Å². The van der Waals surface area contributed by atoms with E-state index in [9.17, 15) is 0 Å². The van der Waals surface area contributed by atoms with E-state index in [2.05, 4.69) is 28.9 Å². The molecule has 0 bridgehead atoms. The summed E-state index contributed by atoms with van der Waals surface area (Å²) in [4.78, 5) is 0. The van der Waals surface area contributed by atoms with Gasteiger partial charge >= 0.3 is 0 Å². The first kappa shape index (κ1) is 11.0. The van der Waals surface area contributed by atoms with Gasteiger partial charge in [0, 0.05) is 6.42 Å². The molecule has 3 heteroatoms. The Bertz CT molecular complexity index is 332. The van der Waals surface area contributed by atoms with E-state index < -0.39 is 0 Å². The molecule has 0 aliphatic carbocycles. The van der Waals surface area contributed by atoms with Crippen LogP contribution in [0.25, 0.3) is 0 Å². The molecule has 0 spiro atoms. The van der Waals surface area contributed by atoms with E-state index in [1.54, 1.807) is 0 Å². The molecular formula is C12H15BrO2. The number of aryl methyl sites for hydroxylation is 1. The van der Waals surface area contributed by atoms with E-state index >= 15 is 0 Å². The Morgan fingerprint density at radius 2 is 2.27 bits per heavy atom. The average molecular weight is 271 g/mol. The van der Waals surface area contributed by atoms with Crippen molar-refractivity contribution in [2.45, 2.75) is 32.5 Å². The summed E-state index contributed by atoms with van der Waals surface area (Å²) in [6.07, 6.45) is 3.25. The summed E-state index contributed by atoms with van der Waals surface area (Å²) < 4.78 is 12.3. The van der Waals surface area contributed by atoms with Gasteiger partial charge in [0.15, 0.2) is 6.29 Å². The summed E-state index contributed by atoms with van der Waals surface area (Å²) in [5.74, 6) is 0.877. The monoisotopic (exact) mass is 270 g/mol. The second kappa shape index (κ2) is 4.99. The van der Waals surface area contributed by atoms with Crippen LogP contribution in [0.2, 0.25) is 0 Å². The Labute approximate surface area is 98.7 Å². The third-order valence-electron chi connectivity index (χ3n) is 2.48. The molecule has 1 aromatic rings. The quantitative estimate of drug-likeness (QED) is 0.817. The standard InChI is InChI=1S/C12H15BrO2/c1-9-5-6-10(13)11(8-9)15-12-4-2-3-7-14-12/h5-6,8,12H,2-4,7H2,1H3. The highest BCUT2D eigenvalue weighted by atomic mass is 79.9. The van der Waals surface area contributed by atoms with Gasteiger partial charge in [0.25, 0.3) is 0 Å². The predicted octanol–water partition coefficient (Wildman–Crippen LogP) is 3.66. The minimum absolute atomic E-state index is 0.0724. The van der Waals surface area contributed by atoms with Crippen molar-refractivity contribution in [2.24, 2.45) is 0 Å². The minimum atomic E-state index is -0.0724. The molecule has 15 heavy (non-hydrogen) atoms. The molecule has 1 heterocycles. The molecule has 0 saturated carbocycles. The first-order valence-electron chi connectivity index (χ1n) is 5.30. The molecule has 0 N–H and O–H groups in total. The lowest BCUT2D eigenvalue weighted by atomic mass is 10.2. The second-order valence-corrected chi connectivity index (χ2v) is 4.70. The zero-order valence-electron chi connectivity index (χ0n) is 8.83. The summed E-state index contributed by atoms with van der Waals surface area (Å²) in [6, 6.07) is 6.09. The molecule has 1 unspecified atom stereocenters. The Balaban J connectivity index is 2.05. The number of ether oxygens (including phenoxy) is 2. The van der Waals surface area contributed by atoms with Gasteiger partial charge in [-0.3, -0.25) is 0 Å². The molecule has 2 rings (SSSR count). The van der Waals surface area contributed by atoms with Crippen molar-refractivity contribution in [3.8, 4) is 5.75 Å². The van der Waals surface area contributed by atoms with Crippen LogP contribution in [-0.2, 0) is 4.74 Å². The molecule has 1 fully saturated rings. The average Bonchev–Trinajstić information content (AvgIpc) is 2.25. The van der Waals surface area contributed by atoms with E-state index in [4.69, 9.17) is 9.47 Å². The lowest BCUT2D eigenvalue weighted by Crippen LogP contribution is -2.25. The fourth-order valence-electron chi connectivity index (χ4n) is 1.65. The molecule has 0 aromatic heterocycles. The molecule has 1 saturated heterocycles. The highest BCUT2D eigenvalue weighted by molar-refractivity contribution is 9.10. The summed E-state index contributed by atoms with van der Waals surface area (Å²) in [7, 11) is 0. The molecule has 1 aromatic carbocycles. The van der Waals surface area contributed by atoms with Gasteiger partial charge < -0.3 is 9.47 Å². The van der Waals surface area contributed by atoms with Crippen LogP contribution in [0.4, 0.5) is 0 Å². The van der Waals surface area contributed by atoms with Crippen molar-refractivity contribution in [1.29, 1.82) is 0 Å². The van der Waals surface area contributed by atoms with Crippen LogP contribution in [-0.4, -0.2) is 12.9 Å². The highest BCUT2D eigenvalue weighted by Gasteiger charge is 2.16. The van der Waals surface area contributed by atoms with Gasteiger partial charge in [-0.05, 0) is 53.4 Å². The van der Waals surface area contributed by atoms with Gasteiger partial charge in [-0.15, -0.1) is 0 Å². The number of hydrogen-bond acceptors (Lipinski definition) is 2. The van der Waals surface area contributed by atoms with Gasteiger partial charge in [-0.1, -0.05) is 6.07 Å². The molecule has 0 amide bonds. The maximum absolute atomic E-state index is 5.80. The summed E-state index contributed by atoms with van der Waals surface area (Å²) in [6.45, 7) is 2.87. The normalized spacial score (nSPS) is 21.3. The minimum Gasteiger partial charge on any atom is -0.464 e. The lowest BCUT2D eigenvalue weighted by Gasteiger charge is -2.24. The van der Waals surface area contributed by atoms with Crippen molar-refractivity contribution in [2.75, 3.05) is 6.61 Å². The Morgan fingerprint density at radius 3 is 3.00 bits per heavy atom. The summed E-state index contributed by atoms with van der Waals surface area (Å²) >= 11 is 3.48. The smallest absolute Gasteiger partial charge is 0.199 e. The van der Waals surface area contributed by atoms with Crippen molar-refractivity contribution < 1.29 is 9.47 Å². The summed E-state index contributed by atoms with van der Waals surface area (Å²) in [5.41, 5.74) is 1.20. The van der Waals surface area contributed by atoms with Crippen LogP contribution in [0.1, 0.15) is 24.8 Å². The number of hydrogen-bond donors (Lipinski definition) is 0. The number of halogens is 1. The van der Waals surface area contributed by atoms with Crippen molar-refractivity contribution in [3.05, 3.63) is 28.2 Å². The SMILES string of the molecule is Cc1ccc(Br)c(OC2CCCCO2)c1. The third kappa shape index (κ3) is 2.95. The third-order valence-corrected chi connectivity index (χ3v) is 3.14. The molecular weight excluding hydrogens is 256 g/mol. The Kier molecular flexibility index (Phi) is 3.65. The van der Waals surface area contributed by atoms with E-state index in [0.717, 1.165) is 29.7 Å². The van der Waals surface area contributed by atoms with E-state index in [1.807, 2.05) is 12.1 Å². The van der Waals surface area contributed by atoms with Crippen LogP contribution in [0.3, 0.4) is 0 Å². The van der Waals surface area contributed by atoms with E-state index in [1.165, 1.54) is 12.0 Å². The largest absolute Gasteiger partial charge is 0.464 e. The fraction of sp³-hybridized carbons (Fsp3) is 0.500. The van der Waals surface area contributed by atoms with E-state index in [-0.39, 0.29) is 6.29 Å². The zero-order valence-corrected chi connectivity index (χ0v) is 10.4. The maximum Gasteiger partial charge on any atom is 0.199 e. The number of benzene rings is 1. The van der Waals surface area contributed by atoms with Crippen molar-refractivity contribution in [3.63, 3.8) is 0 Å². The van der Waals surface area contributed by atoms with Gasteiger partial charge in [-0.2, -0.15) is 0 Å². The lowest BCUT2D eigenvalue weighted by molar-refractivity contribution is -0.106. The molecule has 82 valence electrons. The van der Waals surface area contributed by atoms with Crippen LogP contribution < -0.4 is 4.74 Å². The van der Waals surface area contributed by atoms with Crippen LogP contribution in [0.15, 0.2) is 22.7 Å². The van der Waals surface area contributed by atoms with Gasteiger partial charge in [0.1, 0.15) is 5.75 Å². The van der Waals surface area contributed by atoms with Crippen molar-refractivity contribution >= 4 is 15.9 Å². The first-order valence-corrected chi connectivity index (χ1v) is 6.09. The van der Waals surface area contributed by atoms with Crippen LogP contribution >= 0.6 is 15.9 Å². The highest BCUT2D eigenvalue weighted by Crippen LogP contribution is 2.28. The Hall–Kier alpha value is -0.540. The van der Waals surface area contributed by atoms with Gasteiger partial charge in [0.2, 0.25) is 0 Å². The summed E-state index contributed by atoms with van der Waals surface area (Å²) in [5, 5.41) is 0. The molecule has 1 aliphatic heterocycles. The van der Waals surface area contributed by atoms with Gasteiger partial charge in [0.05, 0.1) is 11.1 Å². The maximum atomic E-state index is 5.80. The molecule has 0 radical (unpaired) electrons. The Morgan fingerprint density at radius 1 is 1.40 bits per heavy atom. The fourth-order valence-corrected chi connectivity index (χ4v) is 1.99. The van der Waals surface area contributed by atoms with Crippen LogP contribution in [0.5, 0.6) is 5.75 Å². The predicted molar refractivity (Wildman–Crippen MR) is 63.1 cm³/mol. The second-order valence-electron chi connectivity index (χ2n) is 3.85. The molecule has 1 atom stereocenters. The number of rotatable bonds is 2. The zero-order chi connectivity index (χ0) is 10.7. The van der Waals surface area contributed by atoms with E-state index in [0.29, 0.717) is 0 Å². The molecule has 1 aliphatic rings.